The smallest absolute Gasteiger partial charge is 0.269 e. The maximum atomic E-state index is 11.8. The van der Waals surface area contributed by atoms with Crippen molar-refractivity contribution in [3.8, 4) is 0 Å². The molecule has 1 aromatic carbocycles. The van der Waals surface area contributed by atoms with E-state index in [2.05, 4.69) is 10.4 Å². The minimum absolute atomic E-state index is 0.00349. The molecular formula is C13H15N3O2. The van der Waals surface area contributed by atoms with Crippen LogP contribution in [0.25, 0.3) is 0 Å². The van der Waals surface area contributed by atoms with Crippen molar-refractivity contribution in [2.75, 3.05) is 0 Å². The van der Waals surface area contributed by atoms with E-state index in [1.54, 1.807) is 19.3 Å². The summed E-state index contributed by atoms with van der Waals surface area (Å²) in [5.41, 5.74) is 2.31. The van der Waals surface area contributed by atoms with E-state index in [-0.39, 0.29) is 12.5 Å². The molecule has 0 fully saturated rings. The fourth-order valence-corrected chi connectivity index (χ4v) is 1.71. The van der Waals surface area contributed by atoms with Crippen LogP contribution in [0.3, 0.4) is 0 Å². The molecule has 0 spiro atoms. The van der Waals surface area contributed by atoms with Gasteiger partial charge in [-0.3, -0.25) is 9.48 Å². The Morgan fingerprint density at radius 3 is 2.83 bits per heavy atom. The molecule has 5 nitrogen and oxygen atoms in total. The van der Waals surface area contributed by atoms with Crippen LogP contribution in [0.2, 0.25) is 0 Å². The molecular weight excluding hydrogens is 230 g/mol. The molecule has 1 amide bonds. The lowest BCUT2D eigenvalue weighted by Crippen LogP contribution is -2.25. The number of carbonyl (C=O) groups is 1. The zero-order valence-corrected chi connectivity index (χ0v) is 10.1. The highest BCUT2D eigenvalue weighted by molar-refractivity contribution is 5.92. The Morgan fingerprint density at radius 2 is 2.17 bits per heavy atom. The Hall–Kier alpha value is -2.14. The van der Waals surface area contributed by atoms with Gasteiger partial charge in [0.1, 0.15) is 5.69 Å². The van der Waals surface area contributed by atoms with E-state index in [0.29, 0.717) is 12.2 Å². The zero-order chi connectivity index (χ0) is 13.0. The first kappa shape index (κ1) is 12.3. The maximum Gasteiger partial charge on any atom is 0.269 e. The summed E-state index contributed by atoms with van der Waals surface area (Å²) in [7, 11) is 1.72. The van der Waals surface area contributed by atoms with Crippen LogP contribution in [0, 0.1) is 0 Å². The van der Waals surface area contributed by atoms with Gasteiger partial charge in [0.25, 0.3) is 5.91 Å². The second-order valence-corrected chi connectivity index (χ2v) is 4.00. The highest BCUT2D eigenvalue weighted by atomic mass is 16.3. The van der Waals surface area contributed by atoms with Crippen LogP contribution in [0.1, 0.15) is 21.6 Å². The highest BCUT2D eigenvalue weighted by Crippen LogP contribution is 2.05. The summed E-state index contributed by atoms with van der Waals surface area (Å²) in [5.74, 6) is -0.163. The van der Waals surface area contributed by atoms with Gasteiger partial charge in [0.2, 0.25) is 0 Å². The lowest BCUT2D eigenvalue weighted by Gasteiger charge is -2.06. The average molecular weight is 245 g/mol. The highest BCUT2D eigenvalue weighted by Gasteiger charge is 2.08. The fourth-order valence-electron chi connectivity index (χ4n) is 1.71. The number of benzene rings is 1. The van der Waals surface area contributed by atoms with Gasteiger partial charge >= 0.3 is 0 Å². The maximum absolute atomic E-state index is 11.8. The lowest BCUT2D eigenvalue weighted by molar-refractivity contribution is 0.0941. The largest absolute Gasteiger partial charge is 0.392 e. The molecule has 1 heterocycles. The predicted octanol–water partition coefficient (Wildman–Crippen LogP) is 0.842. The number of aliphatic hydroxyl groups excluding tert-OH is 1. The summed E-state index contributed by atoms with van der Waals surface area (Å²) >= 11 is 0. The number of aliphatic hydroxyl groups is 1. The first-order valence-electron chi connectivity index (χ1n) is 5.65. The molecule has 1 aromatic heterocycles. The Kier molecular flexibility index (Phi) is 3.74. The number of nitrogens with zero attached hydrogens (tertiary/aromatic N) is 2. The van der Waals surface area contributed by atoms with Crippen molar-refractivity contribution in [3.05, 3.63) is 53.3 Å². The molecule has 0 atom stereocenters. The number of hydrogen-bond acceptors (Lipinski definition) is 3. The first-order chi connectivity index (χ1) is 8.70. The Balaban J connectivity index is 1.99. The van der Waals surface area contributed by atoms with Crippen molar-refractivity contribution < 1.29 is 9.90 Å². The number of aromatic nitrogens is 2. The third-order valence-corrected chi connectivity index (χ3v) is 2.68. The number of aryl methyl sites for hydroxylation is 1. The molecule has 18 heavy (non-hydrogen) atoms. The third kappa shape index (κ3) is 2.75. The molecule has 2 aromatic rings. The normalized spacial score (nSPS) is 10.3. The molecule has 0 aliphatic carbocycles. The van der Waals surface area contributed by atoms with Gasteiger partial charge in [0.05, 0.1) is 6.61 Å². The average Bonchev–Trinajstić information content (AvgIpc) is 2.82. The summed E-state index contributed by atoms with van der Waals surface area (Å²) in [6.07, 6.45) is 1.58. The molecule has 94 valence electrons. The van der Waals surface area contributed by atoms with E-state index in [0.717, 1.165) is 11.1 Å². The van der Waals surface area contributed by atoms with Crippen LogP contribution in [0.4, 0.5) is 0 Å². The topological polar surface area (TPSA) is 67.2 Å². The summed E-state index contributed by atoms with van der Waals surface area (Å²) in [6, 6.07) is 9.13. The number of carbonyl (C=O) groups excluding carboxylic acids is 1. The molecule has 0 saturated carbocycles. The molecule has 2 N–H and O–H groups in total. The molecule has 0 unspecified atom stereocenters. The lowest BCUT2D eigenvalue weighted by atomic mass is 10.1. The Bertz CT molecular complexity index is 549. The van der Waals surface area contributed by atoms with Crippen molar-refractivity contribution in [2.24, 2.45) is 7.05 Å². The zero-order valence-electron chi connectivity index (χ0n) is 10.1. The van der Waals surface area contributed by atoms with Gasteiger partial charge < -0.3 is 10.4 Å². The Labute approximate surface area is 105 Å². The summed E-state index contributed by atoms with van der Waals surface area (Å²) in [5, 5.41) is 15.8. The SMILES string of the molecule is Cn1nccc1C(=O)NCc1cccc(CO)c1. The monoisotopic (exact) mass is 245 g/mol. The molecule has 0 saturated heterocycles. The van der Waals surface area contributed by atoms with E-state index in [4.69, 9.17) is 5.11 Å². The van der Waals surface area contributed by atoms with Gasteiger partial charge in [-0.25, -0.2) is 0 Å². The van der Waals surface area contributed by atoms with Gasteiger partial charge in [0.15, 0.2) is 0 Å². The van der Waals surface area contributed by atoms with Gasteiger partial charge in [-0.05, 0) is 17.2 Å². The number of rotatable bonds is 4. The predicted molar refractivity (Wildman–Crippen MR) is 66.7 cm³/mol. The van der Waals surface area contributed by atoms with E-state index in [9.17, 15) is 4.79 Å². The van der Waals surface area contributed by atoms with Crippen LogP contribution in [0.15, 0.2) is 36.5 Å². The van der Waals surface area contributed by atoms with Crippen molar-refractivity contribution in [1.82, 2.24) is 15.1 Å². The van der Waals surface area contributed by atoms with Crippen LogP contribution in [-0.4, -0.2) is 20.8 Å². The van der Waals surface area contributed by atoms with Crippen molar-refractivity contribution in [3.63, 3.8) is 0 Å². The first-order valence-corrected chi connectivity index (χ1v) is 5.65. The van der Waals surface area contributed by atoms with Crippen LogP contribution in [-0.2, 0) is 20.2 Å². The van der Waals surface area contributed by atoms with Crippen molar-refractivity contribution in [2.45, 2.75) is 13.2 Å². The van der Waals surface area contributed by atoms with E-state index >= 15 is 0 Å². The van der Waals surface area contributed by atoms with E-state index in [1.165, 1.54) is 4.68 Å². The molecule has 0 bridgehead atoms. The summed E-state index contributed by atoms with van der Waals surface area (Å²) in [6.45, 7) is 0.432. The van der Waals surface area contributed by atoms with Gasteiger partial charge in [-0.15, -0.1) is 0 Å². The minimum atomic E-state index is -0.163. The van der Waals surface area contributed by atoms with Crippen molar-refractivity contribution >= 4 is 5.91 Å². The van der Waals surface area contributed by atoms with Crippen molar-refractivity contribution in [1.29, 1.82) is 0 Å². The van der Waals surface area contributed by atoms with Crippen LogP contribution in [0.5, 0.6) is 0 Å². The second-order valence-electron chi connectivity index (χ2n) is 4.00. The van der Waals surface area contributed by atoms with E-state index in [1.807, 2.05) is 24.3 Å². The molecule has 0 aliphatic heterocycles. The Morgan fingerprint density at radius 1 is 1.39 bits per heavy atom. The molecule has 0 radical (unpaired) electrons. The van der Waals surface area contributed by atoms with Gasteiger partial charge in [-0.2, -0.15) is 5.10 Å². The van der Waals surface area contributed by atoms with Crippen LogP contribution >= 0.6 is 0 Å². The number of amides is 1. The third-order valence-electron chi connectivity index (χ3n) is 2.68. The standard InChI is InChI=1S/C13H15N3O2/c1-16-12(5-6-15-16)13(18)14-8-10-3-2-4-11(7-10)9-17/h2-7,17H,8-9H2,1H3,(H,14,18). The fraction of sp³-hybridized carbons (Fsp3) is 0.231. The molecule has 2 rings (SSSR count). The van der Waals surface area contributed by atoms with Gasteiger partial charge in [0, 0.05) is 19.8 Å². The molecule has 0 aliphatic rings. The van der Waals surface area contributed by atoms with Gasteiger partial charge in [-0.1, -0.05) is 24.3 Å². The summed E-state index contributed by atoms with van der Waals surface area (Å²) in [4.78, 5) is 11.8. The van der Waals surface area contributed by atoms with E-state index < -0.39 is 0 Å². The second kappa shape index (κ2) is 5.46. The number of hydrogen-bond donors (Lipinski definition) is 2. The minimum Gasteiger partial charge on any atom is -0.392 e. The quantitative estimate of drug-likeness (QED) is 0.839. The van der Waals surface area contributed by atoms with Crippen LogP contribution < -0.4 is 5.32 Å². The number of nitrogens with one attached hydrogen (secondary N) is 1. The summed E-state index contributed by atoms with van der Waals surface area (Å²) < 4.78 is 1.53. The molecule has 5 heteroatoms.